The van der Waals surface area contributed by atoms with Gasteiger partial charge in [-0.2, -0.15) is 0 Å². The second kappa shape index (κ2) is 5.61. The number of methoxy groups -OCH3 is 2. The number of hydrogen-bond donors (Lipinski definition) is 1. The fourth-order valence-corrected chi connectivity index (χ4v) is 1.55. The van der Waals surface area contributed by atoms with Crippen LogP contribution in [0, 0.1) is 0 Å². The number of hydrogen-bond acceptors (Lipinski definition) is 3. The first-order chi connectivity index (χ1) is 7.90. The standard InChI is InChI=1S/C13H20ClNO2/c1-9(13(2,3)17-5)15-11-8-10(14)6-7-12(11)16-4/h6-9,15H,1-5H3. The molecular formula is C13H20ClNO2. The van der Waals surface area contributed by atoms with Crippen molar-refractivity contribution in [3.05, 3.63) is 23.2 Å². The van der Waals surface area contributed by atoms with E-state index in [-0.39, 0.29) is 11.6 Å². The van der Waals surface area contributed by atoms with Gasteiger partial charge >= 0.3 is 0 Å². The van der Waals surface area contributed by atoms with Crippen LogP contribution >= 0.6 is 11.6 Å². The largest absolute Gasteiger partial charge is 0.495 e. The van der Waals surface area contributed by atoms with E-state index in [1.807, 2.05) is 26.0 Å². The lowest BCUT2D eigenvalue weighted by Gasteiger charge is -2.32. The van der Waals surface area contributed by atoms with Gasteiger partial charge in [0.2, 0.25) is 0 Å². The van der Waals surface area contributed by atoms with E-state index in [4.69, 9.17) is 21.1 Å². The minimum Gasteiger partial charge on any atom is -0.495 e. The van der Waals surface area contributed by atoms with Crippen LogP contribution in [0.5, 0.6) is 5.75 Å². The van der Waals surface area contributed by atoms with Gasteiger partial charge in [-0.1, -0.05) is 11.6 Å². The summed E-state index contributed by atoms with van der Waals surface area (Å²) in [6.45, 7) is 6.12. The molecule has 0 fully saturated rings. The summed E-state index contributed by atoms with van der Waals surface area (Å²) in [6.07, 6.45) is 0. The van der Waals surface area contributed by atoms with Gasteiger partial charge in [-0.15, -0.1) is 0 Å². The Hall–Kier alpha value is -0.930. The molecule has 4 heteroatoms. The van der Waals surface area contributed by atoms with Gasteiger partial charge in [0.05, 0.1) is 24.4 Å². The highest BCUT2D eigenvalue weighted by Gasteiger charge is 2.25. The van der Waals surface area contributed by atoms with Crippen LogP contribution in [-0.2, 0) is 4.74 Å². The fourth-order valence-electron chi connectivity index (χ4n) is 1.38. The zero-order valence-electron chi connectivity index (χ0n) is 11.0. The molecular weight excluding hydrogens is 238 g/mol. The second-order valence-electron chi connectivity index (χ2n) is 4.52. The summed E-state index contributed by atoms with van der Waals surface area (Å²) in [4.78, 5) is 0. The van der Waals surface area contributed by atoms with Gasteiger partial charge in [0.25, 0.3) is 0 Å². The molecule has 0 saturated carbocycles. The van der Waals surface area contributed by atoms with Crippen LogP contribution in [0.15, 0.2) is 18.2 Å². The lowest BCUT2D eigenvalue weighted by atomic mass is 10.00. The van der Waals surface area contributed by atoms with Gasteiger partial charge in [-0.05, 0) is 39.0 Å². The number of halogens is 1. The van der Waals surface area contributed by atoms with Crippen LogP contribution < -0.4 is 10.1 Å². The number of nitrogens with one attached hydrogen (secondary N) is 1. The van der Waals surface area contributed by atoms with Gasteiger partial charge in [-0.3, -0.25) is 0 Å². The Bertz CT molecular complexity index is 380. The predicted octanol–water partition coefficient (Wildman–Crippen LogP) is 3.57. The summed E-state index contributed by atoms with van der Waals surface area (Å²) >= 11 is 5.98. The summed E-state index contributed by atoms with van der Waals surface area (Å²) in [5.41, 5.74) is 0.602. The molecule has 1 unspecified atom stereocenters. The third kappa shape index (κ3) is 3.51. The molecule has 0 aliphatic carbocycles. The maximum absolute atomic E-state index is 5.98. The summed E-state index contributed by atoms with van der Waals surface area (Å²) in [5, 5.41) is 4.04. The minimum absolute atomic E-state index is 0.125. The van der Waals surface area contributed by atoms with Crippen molar-refractivity contribution in [3.63, 3.8) is 0 Å². The Morgan fingerprint density at radius 3 is 2.47 bits per heavy atom. The normalized spacial score (nSPS) is 13.3. The molecule has 0 amide bonds. The van der Waals surface area contributed by atoms with Gasteiger partial charge in [0, 0.05) is 12.1 Å². The van der Waals surface area contributed by atoms with E-state index in [0.29, 0.717) is 5.02 Å². The monoisotopic (exact) mass is 257 g/mol. The molecule has 1 rings (SSSR count). The molecule has 1 atom stereocenters. The van der Waals surface area contributed by atoms with E-state index in [0.717, 1.165) is 11.4 Å². The van der Waals surface area contributed by atoms with Crippen LogP contribution in [0.1, 0.15) is 20.8 Å². The third-order valence-corrected chi connectivity index (χ3v) is 3.34. The van der Waals surface area contributed by atoms with E-state index in [9.17, 15) is 0 Å². The molecule has 1 N–H and O–H groups in total. The van der Waals surface area contributed by atoms with Crippen molar-refractivity contribution in [2.75, 3.05) is 19.5 Å². The second-order valence-corrected chi connectivity index (χ2v) is 4.95. The first-order valence-electron chi connectivity index (χ1n) is 5.56. The lowest BCUT2D eigenvalue weighted by Crippen LogP contribution is -2.41. The molecule has 0 spiro atoms. The van der Waals surface area contributed by atoms with Gasteiger partial charge in [-0.25, -0.2) is 0 Å². The van der Waals surface area contributed by atoms with Crippen LogP contribution in [0.4, 0.5) is 5.69 Å². The predicted molar refractivity (Wildman–Crippen MR) is 72.2 cm³/mol. The maximum atomic E-state index is 5.98. The van der Waals surface area contributed by atoms with Crippen LogP contribution in [0.3, 0.4) is 0 Å². The Morgan fingerprint density at radius 1 is 1.29 bits per heavy atom. The Kier molecular flexibility index (Phi) is 4.66. The van der Waals surface area contributed by atoms with Gasteiger partial charge in [0.15, 0.2) is 0 Å². The van der Waals surface area contributed by atoms with Crippen LogP contribution in [0.25, 0.3) is 0 Å². The zero-order valence-corrected chi connectivity index (χ0v) is 11.8. The van der Waals surface area contributed by atoms with Crippen molar-refractivity contribution in [2.24, 2.45) is 0 Å². The molecule has 0 bridgehead atoms. The molecule has 1 aromatic rings. The van der Waals surface area contributed by atoms with E-state index < -0.39 is 0 Å². The molecule has 0 heterocycles. The number of rotatable bonds is 5. The molecule has 3 nitrogen and oxygen atoms in total. The highest BCUT2D eigenvalue weighted by molar-refractivity contribution is 6.30. The fraction of sp³-hybridized carbons (Fsp3) is 0.538. The number of ether oxygens (including phenoxy) is 2. The van der Waals surface area contributed by atoms with Gasteiger partial charge in [0.1, 0.15) is 5.75 Å². The van der Waals surface area contributed by atoms with Crippen LogP contribution in [0.2, 0.25) is 5.02 Å². The van der Waals surface area contributed by atoms with Crippen molar-refractivity contribution in [2.45, 2.75) is 32.4 Å². The maximum Gasteiger partial charge on any atom is 0.142 e. The zero-order chi connectivity index (χ0) is 13.1. The number of benzene rings is 1. The highest BCUT2D eigenvalue weighted by atomic mass is 35.5. The molecule has 0 aromatic heterocycles. The average Bonchev–Trinajstić information content (AvgIpc) is 2.29. The minimum atomic E-state index is -0.271. The number of anilines is 1. The van der Waals surface area contributed by atoms with E-state index >= 15 is 0 Å². The summed E-state index contributed by atoms with van der Waals surface area (Å²) in [7, 11) is 3.34. The van der Waals surface area contributed by atoms with Crippen molar-refractivity contribution >= 4 is 17.3 Å². The van der Waals surface area contributed by atoms with Crippen molar-refractivity contribution < 1.29 is 9.47 Å². The molecule has 96 valence electrons. The first-order valence-corrected chi connectivity index (χ1v) is 5.93. The quantitative estimate of drug-likeness (QED) is 0.875. The SMILES string of the molecule is COc1ccc(Cl)cc1NC(C)C(C)(C)OC. The van der Waals surface area contributed by atoms with Crippen molar-refractivity contribution in [1.29, 1.82) is 0 Å². The Balaban J connectivity index is 2.91. The highest BCUT2D eigenvalue weighted by Crippen LogP contribution is 2.30. The Morgan fingerprint density at radius 2 is 1.94 bits per heavy atom. The Labute approximate surface area is 108 Å². The molecule has 0 aliphatic heterocycles. The van der Waals surface area contributed by atoms with Crippen molar-refractivity contribution in [3.8, 4) is 5.75 Å². The topological polar surface area (TPSA) is 30.5 Å². The first kappa shape index (κ1) is 14.1. The van der Waals surface area contributed by atoms with E-state index in [1.165, 1.54) is 0 Å². The third-order valence-electron chi connectivity index (χ3n) is 3.10. The average molecular weight is 258 g/mol. The molecule has 0 aliphatic rings. The summed E-state index contributed by atoms with van der Waals surface area (Å²) in [6, 6.07) is 5.62. The smallest absolute Gasteiger partial charge is 0.142 e. The van der Waals surface area contributed by atoms with Crippen molar-refractivity contribution in [1.82, 2.24) is 0 Å². The van der Waals surface area contributed by atoms with E-state index in [1.54, 1.807) is 20.3 Å². The molecule has 0 saturated heterocycles. The van der Waals surface area contributed by atoms with Gasteiger partial charge < -0.3 is 14.8 Å². The van der Waals surface area contributed by atoms with Crippen LogP contribution in [-0.4, -0.2) is 25.9 Å². The van der Waals surface area contributed by atoms with E-state index in [2.05, 4.69) is 12.2 Å². The lowest BCUT2D eigenvalue weighted by molar-refractivity contribution is 0.0107. The molecule has 0 radical (unpaired) electrons. The molecule has 1 aromatic carbocycles. The molecule has 17 heavy (non-hydrogen) atoms. The summed E-state index contributed by atoms with van der Waals surface area (Å²) < 4.78 is 10.7. The summed E-state index contributed by atoms with van der Waals surface area (Å²) in [5.74, 6) is 0.771.